The molecule has 0 aromatic carbocycles. The third-order valence-corrected chi connectivity index (χ3v) is 4.52. The van der Waals surface area contributed by atoms with E-state index in [2.05, 4.69) is 37.7 Å². The highest BCUT2D eigenvalue weighted by atomic mass is 28.3. The molecule has 0 bridgehead atoms. The molecule has 4 atom stereocenters. The summed E-state index contributed by atoms with van der Waals surface area (Å²) >= 11 is 0. The number of hydrogen-bond donors (Lipinski definition) is 1. The molecule has 1 rings (SSSR count). The Morgan fingerprint density at radius 1 is 1.43 bits per heavy atom. The first-order chi connectivity index (χ1) is 9.83. The summed E-state index contributed by atoms with van der Waals surface area (Å²) in [6.07, 6.45) is 4.51. The van der Waals surface area contributed by atoms with E-state index in [1.807, 2.05) is 6.92 Å². The van der Waals surface area contributed by atoms with Gasteiger partial charge in [-0.1, -0.05) is 32.6 Å². The summed E-state index contributed by atoms with van der Waals surface area (Å²) in [5.41, 5.74) is 3.36. The van der Waals surface area contributed by atoms with Gasteiger partial charge in [0.25, 0.3) is 0 Å². The first-order valence-corrected chi connectivity index (χ1v) is 11.4. The Balaban J connectivity index is 2.68. The van der Waals surface area contributed by atoms with Crippen LogP contribution in [0.25, 0.3) is 0 Å². The lowest BCUT2D eigenvalue weighted by Gasteiger charge is -2.31. The number of hydrogen-bond acceptors (Lipinski definition) is 3. The van der Waals surface area contributed by atoms with Crippen LogP contribution in [0.4, 0.5) is 0 Å². The molecule has 0 amide bonds. The molecule has 1 aliphatic heterocycles. The maximum absolute atomic E-state index is 10.0. The van der Waals surface area contributed by atoms with Crippen molar-refractivity contribution in [3.63, 3.8) is 0 Å². The fourth-order valence-electron chi connectivity index (χ4n) is 2.22. The maximum Gasteiger partial charge on any atom is 0.158 e. The van der Waals surface area contributed by atoms with Gasteiger partial charge in [0.1, 0.15) is 8.07 Å². The fourth-order valence-corrected chi connectivity index (χ4v) is 2.86. The molecule has 1 fully saturated rings. The number of rotatable bonds is 6. The average Bonchev–Trinajstić information content (AvgIpc) is 2.44. The molecule has 1 N–H and O–H groups in total. The molecule has 1 aliphatic rings. The quantitative estimate of drug-likeness (QED) is 0.464. The van der Waals surface area contributed by atoms with E-state index in [1.165, 1.54) is 0 Å². The summed E-state index contributed by atoms with van der Waals surface area (Å²) in [5, 5.41) is 10.0. The molecule has 0 aromatic rings. The number of aliphatic hydroxyl groups is 1. The van der Waals surface area contributed by atoms with Gasteiger partial charge in [-0.25, -0.2) is 0 Å². The predicted octanol–water partition coefficient (Wildman–Crippen LogP) is 3.35. The van der Waals surface area contributed by atoms with E-state index in [4.69, 9.17) is 9.47 Å². The second-order valence-electron chi connectivity index (χ2n) is 6.81. The van der Waals surface area contributed by atoms with Crippen LogP contribution in [-0.2, 0) is 9.47 Å². The lowest BCUT2D eigenvalue weighted by molar-refractivity contribution is -0.200. The van der Waals surface area contributed by atoms with Gasteiger partial charge < -0.3 is 14.6 Å². The van der Waals surface area contributed by atoms with Crippen LogP contribution in [-0.4, -0.2) is 38.3 Å². The highest BCUT2D eigenvalue weighted by molar-refractivity contribution is 6.83. The van der Waals surface area contributed by atoms with E-state index in [1.54, 1.807) is 6.08 Å². The van der Waals surface area contributed by atoms with Crippen LogP contribution in [0, 0.1) is 17.4 Å². The SMILES string of the molecule is C=CC(O)[C@@H](C)[C@H](CC#C[Si](C)(C)C)OC1CCCCO1. The summed E-state index contributed by atoms with van der Waals surface area (Å²) in [5.74, 6) is 3.22. The van der Waals surface area contributed by atoms with E-state index in [9.17, 15) is 5.11 Å². The number of ether oxygens (including phenoxy) is 2. The minimum Gasteiger partial charge on any atom is -0.389 e. The molecule has 2 unspecified atom stereocenters. The van der Waals surface area contributed by atoms with E-state index in [-0.39, 0.29) is 18.3 Å². The molecule has 0 aliphatic carbocycles. The molecule has 0 saturated carbocycles. The Kier molecular flexibility index (Phi) is 7.68. The van der Waals surface area contributed by atoms with Crippen LogP contribution in [0.15, 0.2) is 12.7 Å². The first-order valence-electron chi connectivity index (χ1n) is 7.91. The number of aliphatic hydroxyl groups excluding tert-OH is 1. The Morgan fingerprint density at radius 3 is 2.67 bits per heavy atom. The standard InChI is InChI=1S/C17H30O3Si/c1-6-15(18)14(2)16(10-9-13-21(3,4)5)20-17-11-7-8-12-19-17/h6,14-18H,1,7-8,10-12H2,2-5H3/t14-,15?,16+,17?/m1/s1. The highest BCUT2D eigenvalue weighted by Gasteiger charge is 2.27. The maximum atomic E-state index is 10.0. The van der Waals surface area contributed by atoms with Crippen molar-refractivity contribution in [2.24, 2.45) is 5.92 Å². The molecule has 1 saturated heterocycles. The van der Waals surface area contributed by atoms with Crippen LogP contribution < -0.4 is 0 Å². The van der Waals surface area contributed by atoms with Crippen LogP contribution in [0.2, 0.25) is 19.6 Å². The van der Waals surface area contributed by atoms with E-state index in [0.29, 0.717) is 6.42 Å². The minimum atomic E-state index is -1.38. The lowest BCUT2D eigenvalue weighted by atomic mass is 9.95. The molecule has 0 spiro atoms. The van der Waals surface area contributed by atoms with E-state index < -0.39 is 14.2 Å². The average molecular weight is 311 g/mol. The largest absolute Gasteiger partial charge is 0.389 e. The summed E-state index contributed by atoms with van der Waals surface area (Å²) < 4.78 is 11.7. The summed E-state index contributed by atoms with van der Waals surface area (Å²) in [4.78, 5) is 0. The molecule has 4 heteroatoms. The van der Waals surface area contributed by atoms with Gasteiger partial charge in [-0.2, -0.15) is 0 Å². The highest BCUT2D eigenvalue weighted by Crippen LogP contribution is 2.22. The summed E-state index contributed by atoms with van der Waals surface area (Å²) in [6.45, 7) is 13.1. The third kappa shape index (κ3) is 7.28. The van der Waals surface area contributed by atoms with Crippen LogP contribution in [0.3, 0.4) is 0 Å². The smallest absolute Gasteiger partial charge is 0.158 e. The van der Waals surface area contributed by atoms with Gasteiger partial charge in [-0.05, 0) is 19.3 Å². The Morgan fingerprint density at radius 2 is 2.14 bits per heavy atom. The minimum absolute atomic E-state index is 0.0380. The summed E-state index contributed by atoms with van der Waals surface area (Å²) in [7, 11) is -1.38. The van der Waals surface area contributed by atoms with Crippen LogP contribution in [0.5, 0.6) is 0 Å². The van der Waals surface area contributed by atoms with Gasteiger partial charge in [0.15, 0.2) is 6.29 Å². The van der Waals surface area contributed by atoms with Crippen molar-refractivity contribution in [1.82, 2.24) is 0 Å². The zero-order valence-electron chi connectivity index (χ0n) is 13.9. The van der Waals surface area contributed by atoms with Crippen molar-refractivity contribution in [2.45, 2.75) is 70.7 Å². The van der Waals surface area contributed by atoms with Gasteiger partial charge in [-0.15, -0.1) is 18.0 Å². The van der Waals surface area contributed by atoms with Crippen molar-refractivity contribution in [1.29, 1.82) is 0 Å². The second-order valence-corrected chi connectivity index (χ2v) is 11.6. The molecule has 21 heavy (non-hydrogen) atoms. The van der Waals surface area contributed by atoms with Gasteiger partial charge in [0.2, 0.25) is 0 Å². The van der Waals surface area contributed by atoms with Gasteiger partial charge in [0, 0.05) is 18.9 Å². The van der Waals surface area contributed by atoms with Gasteiger partial charge in [-0.3, -0.25) is 0 Å². The predicted molar refractivity (Wildman–Crippen MR) is 89.6 cm³/mol. The molecule has 0 aromatic heterocycles. The second kappa shape index (κ2) is 8.75. The van der Waals surface area contributed by atoms with Crippen molar-refractivity contribution < 1.29 is 14.6 Å². The van der Waals surface area contributed by atoms with Gasteiger partial charge >= 0.3 is 0 Å². The molecule has 120 valence electrons. The normalized spacial score (nSPS) is 23.6. The third-order valence-electron chi connectivity index (χ3n) is 3.60. The Bertz CT molecular complexity index is 372. The first kappa shape index (κ1) is 18.4. The van der Waals surface area contributed by atoms with Crippen LogP contribution >= 0.6 is 0 Å². The monoisotopic (exact) mass is 310 g/mol. The van der Waals surface area contributed by atoms with E-state index in [0.717, 1.165) is 25.9 Å². The van der Waals surface area contributed by atoms with E-state index >= 15 is 0 Å². The van der Waals surface area contributed by atoms with Crippen LogP contribution in [0.1, 0.15) is 32.6 Å². The molecule has 3 nitrogen and oxygen atoms in total. The van der Waals surface area contributed by atoms with Crippen molar-refractivity contribution in [3.05, 3.63) is 12.7 Å². The zero-order valence-corrected chi connectivity index (χ0v) is 14.9. The van der Waals surface area contributed by atoms with Crippen molar-refractivity contribution in [2.75, 3.05) is 6.61 Å². The molecular weight excluding hydrogens is 280 g/mol. The van der Waals surface area contributed by atoms with Gasteiger partial charge in [0.05, 0.1) is 12.2 Å². The molecular formula is C17H30O3Si. The molecule has 0 radical (unpaired) electrons. The van der Waals surface area contributed by atoms with Crippen molar-refractivity contribution in [3.8, 4) is 11.5 Å². The van der Waals surface area contributed by atoms with Crippen molar-refractivity contribution >= 4 is 8.07 Å². The Hall–Kier alpha value is -0.603. The zero-order chi connectivity index (χ0) is 15.9. The topological polar surface area (TPSA) is 38.7 Å². The fraction of sp³-hybridized carbons (Fsp3) is 0.765. The lowest BCUT2D eigenvalue weighted by Crippen LogP contribution is -2.36. The Labute approximate surface area is 130 Å². The molecule has 1 heterocycles. The summed E-state index contributed by atoms with van der Waals surface area (Å²) in [6, 6.07) is 0.